The van der Waals surface area contributed by atoms with Crippen molar-refractivity contribution in [1.29, 1.82) is 0 Å². The maximum Gasteiger partial charge on any atom is 0.247 e. The van der Waals surface area contributed by atoms with Crippen LogP contribution in [0.3, 0.4) is 0 Å². The maximum atomic E-state index is 13.3. The molecule has 0 unspecified atom stereocenters. The lowest BCUT2D eigenvalue weighted by Crippen LogP contribution is -2.05. The molecule has 0 aliphatic rings. The molecule has 3 heterocycles. The first kappa shape index (κ1) is 19.6. The number of benzene rings is 1. The topological polar surface area (TPSA) is 71.5 Å². The largest absolute Gasteiger partial charge is 0.328 e. The van der Waals surface area contributed by atoms with Gasteiger partial charge in [-0.2, -0.15) is 0 Å². The molecule has 4 aromatic rings. The lowest BCUT2D eigenvalue weighted by Gasteiger charge is -2.14. The number of hydrogen-bond donors (Lipinski definition) is 1. The van der Waals surface area contributed by atoms with Gasteiger partial charge in [0.1, 0.15) is 5.82 Å². The third kappa shape index (κ3) is 4.84. The Balaban J connectivity index is 1.68. The van der Waals surface area contributed by atoms with E-state index in [0.717, 1.165) is 33.8 Å². The van der Waals surface area contributed by atoms with Gasteiger partial charge in [0.25, 0.3) is 0 Å². The van der Waals surface area contributed by atoms with Crippen LogP contribution < -0.4 is 5.56 Å². The number of rotatable bonds is 6. The fourth-order valence-electron chi connectivity index (χ4n) is 3.43. The van der Waals surface area contributed by atoms with Crippen LogP contribution in [0.15, 0.2) is 78.1 Å². The zero-order valence-corrected chi connectivity index (χ0v) is 16.5. The van der Waals surface area contributed by atoms with E-state index in [1.807, 2.05) is 24.3 Å². The third-order valence-electron chi connectivity index (χ3n) is 4.98. The number of hydrogen-bond acceptors (Lipinski definition) is 4. The van der Waals surface area contributed by atoms with Crippen molar-refractivity contribution < 1.29 is 4.39 Å². The van der Waals surface area contributed by atoms with Crippen LogP contribution >= 0.6 is 0 Å². The number of aromatic amines is 1. The molecule has 0 radical (unpaired) electrons. The molecule has 0 aliphatic carbocycles. The highest BCUT2D eigenvalue weighted by atomic mass is 19.1. The van der Waals surface area contributed by atoms with Crippen LogP contribution in [0.25, 0.3) is 11.1 Å². The van der Waals surface area contributed by atoms with Gasteiger partial charge in [0.2, 0.25) is 5.56 Å². The van der Waals surface area contributed by atoms with Gasteiger partial charge in [-0.25, -0.2) is 4.39 Å². The number of H-pyrrole nitrogens is 1. The van der Waals surface area contributed by atoms with Crippen molar-refractivity contribution in [3.05, 3.63) is 112 Å². The summed E-state index contributed by atoms with van der Waals surface area (Å²) in [6.07, 6.45) is 8.01. The Kier molecular flexibility index (Phi) is 5.75. The molecule has 0 saturated carbocycles. The Morgan fingerprint density at radius 2 is 1.77 bits per heavy atom. The average molecular weight is 400 g/mol. The van der Waals surface area contributed by atoms with E-state index in [0.29, 0.717) is 12.8 Å². The first-order valence-corrected chi connectivity index (χ1v) is 9.76. The van der Waals surface area contributed by atoms with Gasteiger partial charge in [-0.1, -0.05) is 19.1 Å². The molecule has 0 fully saturated rings. The summed E-state index contributed by atoms with van der Waals surface area (Å²) in [5, 5.41) is 0. The lowest BCUT2D eigenvalue weighted by atomic mass is 9.94. The summed E-state index contributed by atoms with van der Waals surface area (Å²) in [5.74, 6) is -0.0660. The summed E-state index contributed by atoms with van der Waals surface area (Å²) >= 11 is 0. The Morgan fingerprint density at radius 3 is 2.47 bits per heavy atom. The van der Waals surface area contributed by atoms with Gasteiger partial charge < -0.3 is 4.98 Å². The van der Waals surface area contributed by atoms with Gasteiger partial charge in [0.15, 0.2) is 0 Å². The van der Waals surface area contributed by atoms with Gasteiger partial charge in [0, 0.05) is 48.7 Å². The summed E-state index contributed by atoms with van der Waals surface area (Å²) in [6.45, 7) is 2.10. The van der Waals surface area contributed by atoms with Crippen molar-refractivity contribution in [2.24, 2.45) is 0 Å². The molecule has 6 heteroatoms. The van der Waals surface area contributed by atoms with Gasteiger partial charge >= 0.3 is 0 Å². The number of aromatic nitrogens is 4. The Bertz CT molecular complexity index is 1170. The Hall–Kier alpha value is -3.67. The Morgan fingerprint density at radius 1 is 0.967 bits per heavy atom. The molecule has 0 saturated heterocycles. The number of pyridine rings is 2. The van der Waals surface area contributed by atoms with Crippen LogP contribution in [0.1, 0.15) is 35.5 Å². The molecule has 5 nitrogen and oxygen atoms in total. The third-order valence-corrected chi connectivity index (χ3v) is 4.98. The molecule has 30 heavy (non-hydrogen) atoms. The fraction of sp³-hybridized carbons (Fsp3) is 0.167. The van der Waals surface area contributed by atoms with E-state index < -0.39 is 0 Å². The van der Waals surface area contributed by atoms with Crippen molar-refractivity contribution in [3.8, 4) is 11.1 Å². The molecule has 3 aromatic heterocycles. The highest BCUT2D eigenvalue weighted by Crippen LogP contribution is 2.25. The van der Waals surface area contributed by atoms with Gasteiger partial charge in [-0.05, 0) is 59.4 Å². The summed E-state index contributed by atoms with van der Waals surface area (Å²) in [6, 6.07) is 13.9. The van der Waals surface area contributed by atoms with Crippen LogP contribution in [-0.2, 0) is 12.8 Å². The molecule has 4 rings (SSSR count). The van der Waals surface area contributed by atoms with Gasteiger partial charge in [0.05, 0.1) is 5.69 Å². The first-order chi connectivity index (χ1) is 14.6. The summed E-state index contributed by atoms with van der Waals surface area (Å²) < 4.78 is 13.3. The monoisotopic (exact) mass is 400 g/mol. The maximum absolute atomic E-state index is 13.3. The van der Waals surface area contributed by atoms with E-state index >= 15 is 0 Å². The minimum Gasteiger partial charge on any atom is -0.328 e. The summed E-state index contributed by atoms with van der Waals surface area (Å²) in [7, 11) is 0. The van der Waals surface area contributed by atoms with E-state index in [1.165, 1.54) is 18.2 Å². The van der Waals surface area contributed by atoms with Crippen molar-refractivity contribution in [2.45, 2.75) is 25.7 Å². The fourth-order valence-corrected chi connectivity index (χ4v) is 3.43. The van der Waals surface area contributed by atoms with Crippen LogP contribution in [0.4, 0.5) is 4.39 Å². The van der Waals surface area contributed by atoms with E-state index in [4.69, 9.17) is 4.98 Å². The number of halogens is 1. The second-order valence-corrected chi connectivity index (χ2v) is 7.31. The minimum absolute atomic E-state index is 0.141. The van der Waals surface area contributed by atoms with Crippen LogP contribution in [0, 0.1) is 5.82 Å². The first-order valence-electron chi connectivity index (χ1n) is 9.76. The molecule has 0 bridgehead atoms. The Labute approximate surface area is 173 Å². The summed E-state index contributed by atoms with van der Waals surface area (Å²) in [5.41, 5.74) is 5.44. The average Bonchev–Trinajstić information content (AvgIpc) is 2.75. The van der Waals surface area contributed by atoms with E-state index in [1.54, 1.807) is 30.9 Å². The van der Waals surface area contributed by atoms with E-state index in [2.05, 4.69) is 21.9 Å². The molecule has 0 aliphatic heterocycles. The van der Waals surface area contributed by atoms with Crippen molar-refractivity contribution >= 4 is 0 Å². The van der Waals surface area contributed by atoms with E-state index in [9.17, 15) is 9.18 Å². The molecule has 0 spiro atoms. The lowest BCUT2D eigenvalue weighted by molar-refractivity contribution is 0.625. The van der Waals surface area contributed by atoms with Crippen LogP contribution in [-0.4, -0.2) is 19.9 Å². The van der Waals surface area contributed by atoms with Crippen molar-refractivity contribution in [3.63, 3.8) is 0 Å². The number of nitrogens with zero attached hydrogens (tertiary/aromatic N) is 3. The predicted octanol–water partition coefficient (Wildman–Crippen LogP) is 4.30. The molecule has 1 aromatic carbocycles. The SMILES string of the molecule is C[C@H](Cc1cc(-c2ccc(=O)[nH]c2)cc(Cc2cnccn2)n1)c1ccc(F)cc1. The second kappa shape index (κ2) is 8.78. The standard InChI is InChI=1S/C24H21FN4O/c1-16(17-2-5-20(25)6-3-17)10-21-11-19(18-4-7-24(30)28-14-18)12-22(29-21)13-23-15-26-8-9-27-23/h2-9,11-12,14-16H,10,13H2,1H3,(H,28,30)/t16-/m1/s1. The highest BCUT2D eigenvalue weighted by Gasteiger charge is 2.12. The van der Waals surface area contributed by atoms with Crippen molar-refractivity contribution in [2.75, 3.05) is 0 Å². The van der Waals surface area contributed by atoms with Crippen LogP contribution in [0.5, 0.6) is 0 Å². The zero-order chi connectivity index (χ0) is 20.9. The molecule has 1 atom stereocenters. The smallest absolute Gasteiger partial charge is 0.247 e. The van der Waals surface area contributed by atoms with Crippen LogP contribution in [0.2, 0.25) is 0 Å². The predicted molar refractivity (Wildman–Crippen MR) is 114 cm³/mol. The normalized spacial score (nSPS) is 11.9. The van der Waals surface area contributed by atoms with Gasteiger partial charge in [-0.15, -0.1) is 0 Å². The summed E-state index contributed by atoms with van der Waals surface area (Å²) in [4.78, 5) is 27.5. The zero-order valence-electron chi connectivity index (χ0n) is 16.5. The van der Waals surface area contributed by atoms with Gasteiger partial charge in [-0.3, -0.25) is 19.7 Å². The number of nitrogens with one attached hydrogen (secondary N) is 1. The molecule has 0 amide bonds. The van der Waals surface area contributed by atoms with Crippen molar-refractivity contribution in [1.82, 2.24) is 19.9 Å². The van der Waals surface area contributed by atoms with E-state index in [-0.39, 0.29) is 17.3 Å². The minimum atomic E-state index is -0.240. The molecule has 150 valence electrons. The molecular formula is C24H21FN4O. The highest BCUT2D eigenvalue weighted by molar-refractivity contribution is 5.63. The molecular weight excluding hydrogens is 379 g/mol. The second-order valence-electron chi connectivity index (χ2n) is 7.31. The quantitative estimate of drug-likeness (QED) is 0.524. The molecule has 1 N–H and O–H groups in total.